The van der Waals surface area contributed by atoms with Gasteiger partial charge in [-0.3, -0.25) is 0 Å². The van der Waals surface area contributed by atoms with Gasteiger partial charge < -0.3 is 15.0 Å². The van der Waals surface area contributed by atoms with Crippen molar-refractivity contribution in [2.75, 3.05) is 6.61 Å². The molecule has 1 fully saturated rings. The van der Waals surface area contributed by atoms with Crippen molar-refractivity contribution in [2.45, 2.75) is 31.8 Å². The molecule has 1 saturated carbocycles. The summed E-state index contributed by atoms with van der Waals surface area (Å²) in [5.41, 5.74) is 10.1. The SMILES string of the molecule is NC(c1ccn(Cc2cc(Br)cc3c2OCC3)c1)C1CC1. The lowest BCUT2D eigenvalue weighted by Crippen LogP contribution is -2.11. The van der Waals surface area contributed by atoms with Crippen molar-refractivity contribution >= 4 is 15.9 Å². The van der Waals surface area contributed by atoms with Crippen LogP contribution in [0.4, 0.5) is 0 Å². The molecule has 2 aromatic rings. The Morgan fingerprint density at radius 3 is 3.05 bits per heavy atom. The average molecular weight is 347 g/mol. The van der Waals surface area contributed by atoms with E-state index in [1.165, 1.54) is 29.5 Å². The first-order valence-electron chi connectivity index (χ1n) is 7.56. The first-order valence-corrected chi connectivity index (χ1v) is 8.35. The van der Waals surface area contributed by atoms with Crippen molar-refractivity contribution < 1.29 is 4.74 Å². The van der Waals surface area contributed by atoms with Crippen LogP contribution in [0.5, 0.6) is 5.75 Å². The van der Waals surface area contributed by atoms with E-state index in [-0.39, 0.29) is 6.04 Å². The molecule has 1 aliphatic carbocycles. The van der Waals surface area contributed by atoms with E-state index in [2.05, 4.69) is 51.1 Å². The number of aromatic nitrogens is 1. The van der Waals surface area contributed by atoms with E-state index in [0.717, 1.165) is 29.8 Å². The van der Waals surface area contributed by atoms with E-state index in [4.69, 9.17) is 10.5 Å². The Labute approximate surface area is 133 Å². The maximum atomic E-state index is 6.28. The molecular weight excluding hydrogens is 328 g/mol. The molecule has 2 aliphatic rings. The predicted molar refractivity (Wildman–Crippen MR) is 86.5 cm³/mol. The van der Waals surface area contributed by atoms with Gasteiger partial charge >= 0.3 is 0 Å². The molecule has 0 bridgehead atoms. The van der Waals surface area contributed by atoms with Crippen molar-refractivity contribution in [3.63, 3.8) is 0 Å². The Bertz CT molecular complexity index is 675. The maximum Gasteiger partial charge on any atom is 0.127 e. The van der Waals surface area contributed by atoms with Crippen molar-refractivity contribution in [1.82, 2.24) is 4.57 Å². The highest BCUT2D eigenvalue weighted by molar-refractivity contribution is 9.10. The Kier molecular flexibility index (Phi) is 3.31. The van der Waals surface area contributed by atoms with Gasteiger partial charge in [0.15, 0.2) is 0 Å². The zero-order valence-corrected chi connectivity index (χ0v) is 13.5. The molecule has 3 nitrogen and oxygen atoms in total. The Morgan fingerprint density at radius 2 is 2.24 bits per heavy atom. The number of hydrogen-bond acceptors (Lipinski definition) is 2. The highest BCUT2D eigenvalue weighted by atomic mass is 79.9. The van der Waals surface area contributed by atoms with Crippen LogP contribution in [0.2, 0.25) is 0 Å². The highest BCUT2D eigenvalue weighted by Gasteiger charge is 2.29. The van der Waals surface area contributed by atoms with Gasteiger partial charge in [0.25, 0.3) is 0 Å². The van der Waals surface area contributed by atoms with Crippen LogP contribution in [0.15, 0.2) is 35.1 Å². The minimum absolute atomic E-state index is 0.204. The van der Waals surface area contributed by atoms with Crippen molar-refractivity contribution in [1.29, 1.82) is 0 Å². The third kappa shape index (κ3) is 2.62. The predicted octanol–water partition coefficient (Wildman–Crippen LogP) is 3.64. The smallest absolute Gasteiger partial charge is 0.127 e. The average Bonchev–Trinajstić information content (AvgIpc) is 3.02. The molecule has 2 heterocycles. The van der Waals surface area contributed by atoms with Crippen molar-refractivity contribution in [2.24, 2.45) is 11.7 Å². The van der Waals surface area contributed by atoms with E-state index in [9.17, 15) is 0 Å². The van der Waals surface area contributed by atoms with Crippen LogP contribution in [0.1, 0.15) is 35.6 Å². The number of nitrogens with zero attached hydrogens (tertiary/aromatic N) is 1. The van der Waals surface area contributed by atoms with Crippen LogP contribution >= 0.6 is 15.9 Å². The normalized spacial score (nSPS) is 18.4. The van der Waals surface area contributed by atoms with Crippen LogP contribution in [-0.2, 0) is 13.0 Å². The highest BCUT2D eigenvalue weighted by Crippen LogP contribution is 2.39. The molecule has 1 aromatic carbocycles. The second kappa shape index (κ2) is 5.18. The Balaban J connectivity index is 1.59. The first kappa shape index (κ1) is 13.4. The maximum absolute atomic E-state index is 6.28. The van der Waals surface area contributed by atoms with E-state index in [1.54, 1.807) is 0 Å². The molecule has 1 atom stereocenters. The van der Waals surface area contributed by atoms with Gasteiger partial charge in [-0.25, -0.2) is 0 Å². The number of ether oxygens (including phenoxy) is 1. The van der Waals surface area contributed by atoms with Gasteiger partial charge in [-0.2, -0.15) is 0 Å². The monoisotopic (exact) mass is 346 g/mol. The first-order chi connectivity index (χ1) is 10.2. The lowest BCUT2D eigenvalue weighted by Gasteiger charge is -2.11. The molecule has 4 rings (SSSR count). The number of nitrogens with two attached hydrogens (primary N) is 1. The fourth-order valence-corrected chi connectivity index (χ4v) is 3.70. The number of benzene rings is 1. The molecule has 110 valence electrons. The third-order valence-electron chi connectivity index (χ3n) is 4.47. The quantitative estimate of drug-likeness (QED) is 0.917. The van der Waals surface area contributed by atoms with Crippen LogP contribution < -0.4 is 10.5 Å². The molecule has 2 N–H and O–H groups in total. The molecule has 0 spiro atoms. The minimum Gasteiger partial charge on any atom is -0.493 e. The molecule has 1 unspecified atom stereocenters. The molecule has 1 aromatic heterocycles. The summed E-state index contributed by atoms with van der Waals surface area (Å²) >= 11 is 3.60. The molecule has 0 amide bonds. The summed E-state index contributed by atoms with van der Waals surface area (Å²) in [6, 6.07) is 6.68. The van der Waals surface area contributed by atoms with Gasteiger partial charge in [-0.05, 0) is 48.1 Å². The number of rotatable bonds is 4. The van der Waals surface area contributed by atoms with Gasteiger partial charge in [-0.15, -0.1) is 0 Å². The van der Waals surface area contributed by atoms with Gasteiger partial charge in [0, 0.05) is 34.9 Å². The van der Waals surface area contributed by atoms with Crippen LogP contribution in [0, 0.1) is 5.92 Å². The van der Waals surface area contributed by atoms with E-state index < -0.39 is 0 Å². The topological polar surface area (TPSA) is 40.2 Å². The second-order valence-electron chi connectivity index (χ2n) is 6.13. The van der Waals surface area contributed by atoms with Gasteiger partial charge in [-0.1, -0.05) is 15.9 Å². The van der Waals surface area contributed by atoms with E-state index in [0.29, 0.717) is 5.92 Å². The summed E-state index contributed by atoms with van der Waals surface area (Å²) in [5, 5.41) is 0. The molecule has 0 saturated heterocycles. The van der Waals surface area contributed by atoms with E-state index >= 15 is 0 Å². The molecule has 4 heteroatoms. The molecule has 0 radical (unpaired) electrons. The number of fused-ring (bicyclic) bond motifs is 1. The second-order valence-corrected chi connectivity index (χ2v) is 7.05. The van der Waals surface area contributed by atoms with Gasteiger partial charge in [0.05, 0.1) is 13.2 Å². The summed E-state index contributed by atoms with van der Waals surface area (Å²) in [6.07, 6.45) is 7.87. The van der Waals surface area contributed by atoms with E-state index in [1.807, 2.05) is 0 Å². The zero-order valence-electron chi connectivity index (χ0n) is 11.9. The standard InChI is InChI=1S/C17H19BrN2O/c18-15-7-12-4-6-21-17(12)14(8-15)10-20-5-3-13(9-20)16(19)11-1-2-11/h3,5,7-9,11,16H,1-2,4,6,10,19H2. The molecular formula is C17H19BrN2O. The minimum atomic E-state index is 0.204. The number of hydrogen-bond donors (Lipinski definition) is 1. The summed E-state index contributed by atoms with van der Waals surface area (Å²) in [4.78, 5) is 0. The zero-order chi connectivity index (χ0) is 14.4. The Hall–Kier alpha value is -1.26. The summed E-state index contributed by atoms with van der Waals surface area (Å²) in [5.74, 6) is 1.76. The van der Waals surface area contributed by atoms with Crippen LogP contribution in [0.3, 0.4) is 0 Å². The number of halogens is 1. The lowest BCUT2D eigenvalue weighted by molar-refractivity contribution is 0.352. The van der Waals surface area contributed by atoms with Gasteiger partial charge in [0.1, 0.15) is 5.75 Å². The van der Waals surface area contributed by atoms with Crippen molar-refractivity contribution in [3.8, 4) is 5.75 Å². The molecule has 21 heavy (non-hydrogen) atoms. The third-order valence-corrected chi connectivity index (χ3v) is 4.92. The fraction of sp³-hybridized carbons (Fsp3) is 0.412. The van der Waals surface area contributed by atoms with Crippen LogP contribution in [0.25, 0.3) is 0 Å². The Morgan fingerprint density at radius 1 is 1.38 bits per heavy atom. The lowest BCUT2D eigenvalue weighted by atomic mass is 10.1. The molecule has 1 aliphatic heterocycles. The largest absolute Gasteiger partial charge is 0.493 e. The van der Waals surface area contributed by atoms with Gasteiger partial charge in [0.2, 0.25) is 0 Å². The summed E-state index contributed by atoms with van der Waals surface area (Å²) < 4.78 is 9.14. The van der Waals surface area contributed by atoms with Crippen LogP contribution in [-0.4, -0.2) is 11.2 Å². The summed E-state index contributed by atoms with van der Waals surface area (Å²) in [7, 11) is 0. The summed E-state index contributed by atoms with van der Waals surface area (Å²) in [6.45, 7) is 1.63. The van der Waals surface area contributed by atoms with Crippen molar-refractivity contribution in [3.05, 3.63) is 51.8 Å². The fourth-order valence-electron chi connectivity index (χ4n) is 3.14.